The topological polar surface area (TPSA) is 76.7 Å². The van der Waals surface area contributed by atoms with Gasteiger partial charge in [0.05, 0.1) is 6.04 Å². The molecule has 2 N–H and O–H groups in total. The summed E-state index contributed by atoms with van der Waals surface area (Å²) in [7, 11) is 0. The van der Waals surface area contributed by atoms with Crippen molar-refractivity contribution in [3.8, 4) is 11.5 Å². The summed E-state index contributed by atoms with van der Waals surface area (Å²) in [5, 5.41) is 6.43. The quantitative estimate of drug-likeness (QED) is 0.545. The molecular weight excluding hydrogens is 440 g/mol. The lowest BCUT2D eigenvalue weighted by molar-refractivity contribution is -0.123. The van der Waals surface area contributed by atoms with Crippen LogP contribution in [-0.2, 0) is 11.2 Å². The normalized spacial score (nSPS) is 14.1. The third-order valence-electron chi connectivity index (χ3n) is 5.44. The summed E-state index contributed by atoms with van der Waals surface area (Å²) in [6, 6.07) is 20.7. The smallest absolute Gasteiger partial charge is 0.251 e. The van der Waals surface area contributed by atoms with E-state index in [9.17, 15) is 9.59 Å². The number of nitrogens with one attached hydrogen (secondary N) is 2. The van der Waals surface area contributed by atoms with Crippen molar-refractivity contribution < 1.29 is 19.1 Å². The van der Waals surface area contributed by atoms with Crippen molar-refractivity contribution in [2.24, 2.45) is 0 Å². The van der Waals surface area contributed by atoms with Gasteiger partial charge in [0.15, 0.2) is 11.5 Å². The van der Waals surface area contributed by atoms with Gasteiger partial charge in [0, 0.05) is 17.0 Å². The fraction of sp³-hybridized carbons (Fsp3) is 0.231. The van der Waals surface area contributed by atoms with E-state index in [1.165, 1.54) is 0 Å². The van der Waals surface area contributed by atoms with E-state index in [1.807, 2.05) is 55.5 Å². The monoisotopic (exact) mass is 464 g/mol. The van der Waals surface area contributed by atoms with Crippen LogP contribution in [0.4, 0.5) is 0 Å². The molecule has 2 amide bonds. The van der Waals surface area contributed by atoms with Crippen molar-refractivity contribution in [2.45, 2.75) is 25.4 Å². The Morgan fingerprint density at radius 1 is 0.909 bits per heavy atom. The molecule has 0 radical (unpaired) electrons. The number of amides is 2. The van der Waals surface area contributed by atoms with Gasteiger partial charge < -0.3 is 20.1 Å². The van der Waals surface area contributed by atoms with Crippen molar-refractivity contribution in [1.82, 2.24) is 10.6 Å². The highest BCUT2D eigenvalue weighted by Gasteiger charge is 2.24. The van der Waals surface area contributed by atoms with E-state index in [4.69, 9.17) is 21.1 Å². The maximum absolute atomic E-state index is 13.2. The molecule has 1 aliphatic heterocycles. The molecule has 2 unspecified atom stereocenters. The van der Waals surface area contributed by atoms with Gasteiger partial charge in [-0.2, -0.15) is 0 Å². The highest BCUT2D eigenvalue weighted by molar-refractivity contribution is 6.30. The molecular formula is C26H25ClN2O4. The summed E-state index contributed by atoms with van der Waals surface area (Å²) in [4.78, 5) is 26.1. The van der Waals surface area contributed by atoms with Crippen molar-refractivity contribution >= 4 is 23.4 Å². The summed E-state index contributed by atoms with van der Waals surface area (Å²) in [6.07, 6.45) is 0.361. The van der Waals surface area contributed by atoms with Crippen LogP contribution in [0.1, 0.15) is 34.5 Å². The van der Waals surface area contributed by atoms with E-state index in [-0.39, 0.29) is 17.9 Å². The SMILES string of the molecule is CC(NC(=O)C(Cc1ccccc1)NC(=O)c1ccc(Cl)cc1)c1ccc2c(c1)OCCO2. The number of fused-ring (bicyclic) bond motifs is 1. The van der Waals surface area contributed by atoms with Gasteiger partial charge in [0.25, 0.3) is 5.91 Å². The fourth-order valence-corrected chi connectivity index (χ4v) is 3.75. The minimum absolute atomic E-state index is 0.274. The second-order valence-electron chi connectivity index (χ2n) is 7.86. The molecule has 33 heavy (non-hydrogen) atoms. The van der Waals surface area contributed by atoms with Crippen LogP contribution >= 0.6 is 11.6 Å². The number of carbonyl (C=O) groups excluding carboxylic acids is 2. The minimum atomic E-state index is -0.754. The Kier molecular flexibility index (Phi) is 7.15. The first-order valence-corrected chi connectivity index (χ1v) is 11.2. The largest absolute Gasteiger partial charge is 0.486 e. The van der Waals surface area contributed by atoms with E-state index in [0.29, 0.717) is 41.7 Å². The van der Waals surface area contributed by atoms with E-state index in [1.54, 1.807) is 24.3 Å². The van der Waals surface area contributed by atoms with Gasteiger partial charge in [-0.3, -0.25) is 9.59 Å². The summed E-state index contributed by atoms with van der Waals surface area (Å²) in [6.45, 7) is 2.91. The van der Waals surface area contributed by atoms with Crippen LogP contribution < -0.4 is 20.1 Å². The van der Waals surface area contributed by atoms with Gasteiger partial charge >= 0.3 is 0 Å². The molecule has 170 valence electrons. The summed E-state index contributed by atoms with van der Waals surface area (Å²) < 4.78 is 11.2. The number of ether oxygens (including phenoxy) is 2. The maximum Gasteiger partial charge on any atom is 0.251 e. The molecule has 0 saturated carbocycles. The molecule has 2 atom stereocenters. The third kappa shape index (κ3) is 5.84. The van der Waals surface area contributed by atoms with Crippen LogP contribution in [0.15, 0.2) is 72.8 Å². The number of carbonyl (C=O) groups is 2. The molecule has 0 saturated heterocycles. The predicted octanol–water partition coefficient (Wildman–Crippen LogP) is 4.33. The van der Waals surface area contributed by atoms with E-state index in [0.717, 1.165) is 11.1 Å². The first kappa shape index (κ1) is 22.7. The molecule has 3 aromatic rings. The van der Waals surface area contributed by atoms with E-state index in [2.05, 4.69) is 10.6 Å². The zero-order chi connectivity index (χ0) is 23.2. The van der Waals surface area contributed by atoms with Gasteiger partial charge in [-0.05, 0) is 54.4 Å². The van der Waals surface area contributed by atoms with E-state index >= 15 is 0 Å². The maximum atomic E-state index is 13.2. The standard InChI is InChI=1S/C26H25ClN2O4/c1-17(20-9-12-23-24(16-20)33-14-13-32-23)28-26(31)22(15-18-5-3-2-4-6-18)29-25(30)19-7-10-21(27)11-8-19/h2-12,16-17,22H,13-15H2,1H3,(H,28,31)(H,29,30). The predicted molar refractivity (Wildman–Crippen MR) is 127 cm³/mol. The molecule has 1 aliphatic rings. The Morgan fingerprint density at radius 2 is 1.61 bits per heavy atom. The Morgan fingerprint density at radius 3 is 2.33 bits per heavy atom. The number of rotatable bonds is 7. The van der Waals surface area contributed by atoms with Gasteiger partial charge in [-0.1, -0.05) is 48.0 Å². The van der Waals surface area contributed by atoms with Crippen LogP contribution in [0, 0.1) is 0 Å². The molecule has 0 aromatic heterocycles. The number of hydrogen-bond donors (Lipinski definition) is 2. The van der Waals surface area contributed by atoms with Crippen LogP contribution in [-0.4, -0.2) is 31.1 Å². The summed E-state index contributed by atoms with van der Waals surface area (Å²) in [5.41, 5.74) is 2.27. The Bertz CT molecular complexity index is 1120. The number of halogens is 1. The van der Waals surface area contributed by atoms with Crippen LogP contribution in [0.2, 0.25) is 5.02 Å². The Hall–Kier alpha value is -3.51. The molecule has 6 nitrogen and oxygen atoms in total. The number of hydrogen-bond acceptors (Lipinski definition) is 4. The molecule has 4 rings (SSSR count). The lowest BCUT2D eigenvalue weighted by Crippen LogP contribution is -2.48. The van der Waals surface area contributed by atoms with Crippen LogP contribution in [0.3, 0.4) is 0 Å². The highest BCUT2D eigenvalue weighted by atomic mass is 35.5. The first-order valence-electron chi connectivity index (χ1n) is 10.8. The number of benzene rings is 3. The molecule has 7 heteroatoms. The lowest BCUT2D eigenvalue weighted by Gasteiger charge is -2.23. The fourth-order valence-electron chi connectivity index (χ4n) is 3.63. The molecule has 1 heterocycles. The van der Waals surface area contributed by atoms with E-state index < -0.39 is 6.04 Å². The Labute approximate surface area is 197 Å². The van der Waals surface area contributed by atoms with Crippen molar-refractivity contribution in [2.75, 3.05) is 13.2 Å². The Balaban J connectivity index is 1.49. The zero-order valence-corrected chi connectivity index (χ0v) is 19.0. The zero-order valence-electron chi connectivity index (χ0n) is 18.2. The van der Waals surface area contributed by atoms with Gasteiger partial charge in [0.2, 0.25) is 5.91 Å². The second-order valence-corrected chi connectivity index (χ2v) is 8.29. The molecule has 0 aliphatic carbocycles. The average molecular weight is 465 g/mol. The van der Waals surface area contributed by atoms with Gasteiger partial charge in [-0.15, -0.1) is 0 Å². The second kappa shape index (κ2) is 10.4. The van der Waals surface area contributed by atoms with Crippen LogP contribution in [0.5, 0.6) is 11.5 Å². The van der Waals surface area contributed by atoms with Gasteiger partial charge in [0.1, 0.15) is 19.3 Å². The van der Waals surface area contributed by atoms with Crippen molar-refractivity contribution in [3.05, 3.63) is 94.5 Å². The summed E-state index contributed by atoms with van der Waals surface area (Å²) >= 11 is 5.93. The lowest BCUT2D eigenvalue weighted by atomic mass is 10.0. The minimum Gasteiger partial charge on any atom is -0.486 e. The highest BCUT2D eigenvalue weighted by Crippen LogP contribution is 2.32. The van der Waals surface area contributed by atoms with Gasteiger partial charge in [-0.25, -0.2) is 0 Å². The van der Waals surface area contributed by atoms with Crippen molar-refractivity contribution in [3.63, 3.8) is 0 Å². The molecule has 3 aromatic carbocycles. The molecule has 0 bridgehead atoms. The third-order valence-corrected chi connectivity index (χ3v) is 5.69. The van der Waals surface area contributed by atoms with Crippen molar-refractivity contribution in [1.29, 1.82) is 0 Å². The average Bonchev–Trinajstić information content (AvgIpc) is 2.84. The summed E-state index contributed by atoms with van der Waals surface area (Å²) in [5.74, 6) is 0.746. The molecule has 0 spiro atoms. The first-order chi connectivity index (χ1) is 16.0. The molecule has 0 fully saturated rings. The van der Waals surface area contributed by atoms with Crippen LogP contribution in [0.25, 0.3) is 0 Å².